The zero-order valence-corrected chi connectivity index (χ0v) is 13.2. The Kier molecular flexibility index (Phi) is 5.93. The molecule has 0 spiro atoms. The van der Waals surface area contributed by atoms with Crippen molar-refractivity contribution in [2.75, 3.05) is 43.1 Å². The Balaban J connectivity index is 0.000000497. The van der Waals surface area contributed by atoms with Crippen LogP contribution in [0, 0.1) is 0 Å². The van der Waals surface area contributed by atoms with Crippen LogP contribution in [0.25, 0.3) is 0 Å². The lowest BCUT2D eigenvalue weighted by Crippen LogP contribution is -2.36. The van der Waals surface area contributed by atoms with Gasteiger partial charge in [-0.15, -0.1) is 0 Å². The lowest BCUT2D eigenvalue weighted by molar-refractivity contribution is 0.122. The van der Waals surface area contributed by atoms with Gasteiger partial charge in [-0.05, 0) is 30.2 Å². The van der Waals surface area contributed by atoms with Crippen molar-refractivity contribution in [1.29, 1.82) is 0 Å². The number of hydrogen-bond donors (Lipinski definition) is 2. The van der Waals surface area contributed by atoms with Crippen molar-refractivity contribution in [2.45, 2.75) is 26.7 Å². The first-order valence-corrected chi connectivity index (χ1v) is 7.90. The fourth-order valence-electron chi connectivity index (χ4n) is 2.48. The molecule has 1 fully saturated rings. The molecule has 0 aromatic heterocycles. The molecule has 1 aromatic rings. The number of nitrogens with zero attached hydrogens (tertiary/aromatic N) is 1. The van der Waals surface area contributed by atoms with E-state index in [1.165, 1.54) is 23.4 Å². The number of hydrogen-bond acceptors (Lipinski definition) is 4. The molecule has 0 aliphatic carbocycles. The largest absolute Gasteiger partial charge is 0.378 e. The zero-order chi connectivity index (χ0) is 15.1. The number of fused-ring (bicyclic) bond motifs is 1. The molecule has 1 aromatic carbocycles. The lowest BCUT2D eigenvalue weighted by Gasteiger charge is -2.29. The quantitative estimate of drug-likeness (QED) is 0.833. The number of anilines is 2. The minimum absolute atomic E-state index is 0.827. The van der Waals surface area contributed by atoms with E-state index < -0.39 is 0 Å². The number of rotatable bonds is 1. The van der Waals surface area contributed by atoms with Crippen LogP contribution in [0.5, 0.6) is 0 Å². The molecule has 21 heavy (non-hydrogen) atoms. The lowest BCUT2D eigenvalue weighted by atomic mass is 10.1. The second kappa shape index (κ2) is 7.93. The molecule has 2 aliphatic rings. The monoisotopic (exact) mass is 289 g/mol. The SMILES string of the molecule is C=C1NCCc2cc(N3CCOCC3)ccc2N1.CCC. The molecule has 3 rings (SSSR count). The van der Waals surface area contributed by atoms with Gasteiger partial charge in [0.15, 0.2) is 0 Å². The number of benzene rings is 1. The van der Waals surface area contributed by atoms with Gasteiger partial charge in [-0.1, -0.05) is 26.8 Å². The topological polar surface area (TPSA) is 36.5 Å². The maximum atomic E-state index is 5.39. The normalized spacial score (nSPS) is 17.6. The maximum absolute atomic E-state index is 5.39. The Bertz CT molecular complexity index is 467. The van der Waals surface area contributed by atoms with Crippen LogP contribution in [0.2, 0.25) is 0 Å². The van der Waals surface area contributed by atoms with E-state index in [1.807, 2.05) is 0 Å². The molecule has 116 valence electrons. The summed E-state index contributed by atoms with van der Waals surface area (Å²) in [4.78, 5) is 2.39. The third kappa shape index (κ3) is 4.39. The second-order valence-electron chi connectivity index (χ2n) is 5.43. The average Bonchev–Trinajstić information content (AvgIpc) is 2.69. The van der Waals surface area contributed by atoms with Crippen LogP contribution in [0.4, 0.5) is 11.4 Å². The van der Waals surface area contributed by atoms with Crippen molar-refractivity contribution in [3.05, 3.63) is 36.2 Å². The minimum Gasteiger partial charge on any atom is -0.378 e. The predicted octanol–water partition coefficient (Wildman–Crippen LogP) is 2.97. The van der Waals surface area contributed by atoms with E-state index >= 15 is 0 Å². The van der Waals surface area contributed by atoms with Gasteiger partial charge < -0.3 is 20.3 Å². The molecular weight excluding hydrogens is 262 g/mol. The molecule has 0 atom stereocenters. The van der Waals surface area contributed by atoms with Gasteiger partial charge in [-0.3, -0.25) is 0 Å². The van der Waals surface area contributed by atoms with Crippen molar-refractivity contribution < 1.29 is 4.74 Å². The number of nitrogens with one attached hydrogen (secondary N) is 2. The summed E-state index contributed by atoms with van der Waals surface area (Å²) in [5.41, 5.74) is 3.82. The summed E-state index contributed by atoms with van der Waals surface area (Å²) >= 11 is 0. The molecule has 4 nitrogen and oxygen atoms in total. The summed E-state index contributed by atoms with van der Waals surface area (Å²) in [5.74, 6) is 0.882. The van der Waals surface area contributed by atoms with Crippen molar-refractivity contribution in [3.63, 3.8) is 0 Å². The zero-order valence-electron chi connectivity index (χ0n) is 13.2. The Morgan fingerprint density at radius 3 is 2.67 bits per heavy atom. The summed E-state index contributed by atoms with van der Waals surface area (Å²) in [6, 6.07) is 6.61. The highest BCUT2D eigenvalue weighted by atomic mass is 16.5. The van der Waals surface area contributed by atoms with Crippen LogP contribution in [0.1, 0.15) is 25.8 Å². The van der Waals surface area contributed by atoms with Crippen molar-refractivity contribution in [1.82, 2.24) is 5.32 Å². The Labute approximate surface area is 128 Å². The van der Waals surface area contributed by atoms with E-state index in [1.54, 1.807) is 0 Å². The van der Waals surface area contributed by atoms with E-state index in [9.17, 15) is 0 Å². The molecule has 0 amide bonds. The standard InChI is InChI=1S/C14H19N3O.C3H8/c1-11-15-5-4-12-10-13(2-3-14(12)16-11)17-6-8-18-9-7-17;1-3-2/h2-3,10,15-16H,1,4-9H2;3H2,1-2H3. The van der Waals surface area contributed by atoms with Gasteiger partial charge in [0.25, 0.3) is 0 Å². The molecular formula is C17H27N3O. The van der Waals surface area contributed by atoms with E-state index in [-0.39, 0.29) is 0 Å². The fourth-order valence-corrected chi connectivity index (χ4v) is 2.48. The first kappa shape index (κ1) is 15.7. The Morgan fingerprint density at radius 2 is 1.95 bits per heavy atom. The number of ether oxygens (including phenoxy) is 1. The van der Waals surface area contributed by atoms with Crippen molar-refractivity contribution in [2.24, 2.45) is 0 Å². The highest BCUT2D eigenvalue weighted by Crippen LogP contribution is 2.26. The van der Waals surface area contributed by atoms with Crippen LogP contribution < -0.4 is 15.5 Å². The summed E-state index contributed by atoms with van der Waals surface area (Å²) in [7, 11) is 0. The smallest absolute Gasteiger partial charge is 0.0957 e. The summed E-state index contributed by atoms with van der Waals surface area (Å²) in [6.07, 6.45) is 2.28. The summed E-state index contributed by atoms with van der Waals surface area (Å²) < 4.78 is 5.39. The van der Waals surface area contributed by atoms with Crippen LogP contribution in [-0.2, 0) is 11.2 Å². The average molecular weight is 289 g/mol. The molecule has 2 N–H and O–H groups in total. The molecule has 4 heteroatoms. The number of morpholine rings is 1. The van der Waals surface area contributed by atoms with Gasteiger partial charge in [-0.2, -0.15) is 0 Å². The van der Waals surface area contributed by atoms with Crippen LogP contribution in [-0.4, -0.2) is 32.8 Å². The Hall–Kier alpha value is -1.68. The summed E-state index contributed by atoms with van der Waals surface area (Å²) in [5, 5.41) is 6.55. The van der Waals surface area contributed by atoms with Crippen LogP contribution >= 0.6 is 0 Å². The molecule has 0 radical (unpaired) electrons. The van der Waals surface area contributed by atoms with Gasteiger partial charge >= 0.3 is 0 Å². The predicted molar refractivity (Wildman–Crippen MR) is 89.9 cm³/mol. The van der Waals surface area contributed by atoms with Gasteiger partial charge in [0.2, 0.25) is 0 Å². The van der Waals surface area contributed by atoms with E-state index in [4.69, 9.17) is 4.74 Å². The highest BCUT2D eigenvalue weighted by Gasteiger charge is 2.14. The van der Waals surface area contributed by atoms with Gasteiger partial charge in [-0.25, -0.2) is 0 Å². The van der Waals surface area contributed by atoms with Crippen LogP contribution in [0.3, 0.4) is 0 Å². The Morgan fingerprint density at radius 1 is 1.24 bits per heavy atom. The fraction of sp³-hybridized carbons (Fsp3) is 0.529. The van der Waals surface area contributed by atoms with Crippen LogP contribution in [0.15, 0.2) is 30.6 Å². The first-order valence-electron chi connectivity index (χ1n) is 7.90. The van der Waals surface area contributed by atoms with E-state index in [0.29, 0.717) is 0 Å². The first-order chi connectivity index (χ1) is 10.2. The molecule has 2 heterocycles. The second-order valence-corrected chi connectivity index (χ2v) is 5.43. The third-order valence-electron chi connectivity index (χ3n) is 3.48. The molecule has 0 bridgehead atoms. The minimum atomic E-state index is 0.827. The third-order valence-corrected chi connectivity index (χ3v) is 3.48. The molecule has 0 unspecified atom stereocenters. The highest BCUT2D eigenvalue weighted by molar-refractivity contribution is 5.63. The molecule has 0 saturated carbocycles. The van der Waals surface area contributed by atoms with Crippen molar-refractivity contribution in [3.8, 4) is 0 Å². The van der Waals surface area contributed by atoms with Gasteiger partial charge in [0, 0.05) is 31.0 Å². The molecule has 1 saturated heterocycles. The van der Waals surface area contributed by atoms with Gasteiger partial charge in [0.05, 0.1) is 19.0 Å². The van der Waals surface area contributed by atoms with Crippen molar-refractivity contribution >= 4 is 11.4 Å². The molecule has 2 aliphatic heterocycles. The summed E-state index contributed by atoms with van der Waals surface area (Å²) in [6.45, 7) is 12.7. The van der Waals surface area contributed by atoms with E-state index in [0.717, 1.165) is 45.1 Å². The maximum Gasteiger partial charge on any atom is 0.0957 e. The van der Waals surface area contributed by atoms with E-state index in [2.05, 4.69) is 54.2 Å². The van der Waals surface area contributed by atoms with Gasteiger partial charge in [0.1, 0.15) is 0 Å².